The van der Waals surface area contributed by atoms with Gasteiger partial charge in [-0.05, 0) is 38.3 Å². The van der Waals surface area contributed by atoms with Gasteiger partial charge in [0.15, 0.2) is 11.5 Å². The van der Waals surface area contributed by atoms with E-state index in [1.807, 2.05) is 27.7 Å². The van der Waals surface area contributed by atoms with Crippen molar-refractivity contribution in [2.75, 3.05) is 19.8 Å². The van der Waals surface area contributed by atoms with E-state index >= 15 is 0 Å². The number of hydrogen-bond acceptors (Lipinski definition) is 5. The molecule has 6 nitrogen and oxygen atoms in total. The summed E-state index contributed by atoms with van der Waals surface area (Å²) in [5, 5.41) is 0. The van der Waals surface area contributed by atoms with E-state index in [9.17, 15) is 8.42 Å². The van der Waals surface area contributed by atoms with E-state index in [2.05, 4.69) is 4.72 Å². The van der Waals surface area contributed by atoms with E-state index < -0.39 is 10.0 Å². The Bertz CT molecular complexity index is 594. The van der Waals surface area contributed by atoms with Gasteiger partial charge in [-0.25, -0.2) is 13.1 Å². The molecule has 1 unspecified atom stereocenters. The van der Waals surface area contributed by atoms with Crippen molar-refractivity contribution >= 4 is 22.4 Å². The van der Waals surface area contributed by atoms with Gasteiger partial charge >= 0.3 is 0 Å². The molecule has 24 heavy (non-hydrogen) atoms. The molecule has 3 N–H and O–H groups in total. The van der Waals surface area contributed by atoms with Gasteiger partial charge in [0.25, 0.3) is 0 Å². The lowest BCUT2D eigenvalue weighted by atomic mass is 10.1. The van der Waals surface area contributed by atoms with Gasteiger partial charge in [-0.1, -0.05) is 13.8 Å². The predicted octanol–water partition coefficient (Wildman–Crippen LogP) is 2.56. The number of ether oxygens (including phenoxy) is 2. The van der Waals surface area contributed by atoms with Crippen LogP contribution in [0, 0.1) is 5.92 Å². The summed E-state index contributed by atoms with van der Waals surface area (Å²) >= 11 is 0. The van der Waals surface area contributed by atoms with Gasteiger partial charge in [0.1, 0.15) is 0 Å². The molecule has 1 rings (SSSR count). The fraction of sp³-hybridized carbons (Fsp3) is 0.625. The van der Waals surface area contributed by atoms with E-state index in [1.165, 1.54) is 12.1 Å². The third-order valence-electron chi connectivity index (χ3n) is 3.19. The van der Waals surface area contributed by atoms with Crippen molar-refractivity contribution in [2.24, 2.45) is 11.7 Å². The number of nitrogens with two attached hydrogens (primary N) is 1. The summed E-state index contributed by atoms with van der Waals surface area (Å²) in [6.07, 6.45) is 0.686. The van der Waals surface area contributed by atoms with Crippen LogP contribution in [0.15, 0.2) is 23.1 Å². The molecule has 0 aliphatic carbocycles. The van der Waals surface area contributed by atoms with Gasteiger partial charge in [0.2, 0.25) is 10.0 Å². The molecule has 140 valence electrons. The Morgan fingerprint density at radius 1 is 1.12 bits per heavy atom. The van der Waals surface area contributed by atoms with Gasteiger partial charge in [0.05, 0.1) is 18.1 Å². The SMILES string of the molecule is CCOc1ccc(S(=O)(=O)NC(CN)CC(C)C)cc1OCC.Cl. The van der Waals surface area contributed by atoms with Crippen LogP contribution >= 0.6 is 12.4 Å². The number of rotatable bonds is 10. The Balaban J connectivity index is 0.00000529. The number of nitrogens with one attached hydrogen (secondary N) is 1. The Labute approximate surface area is 151 Å². The molecule has 0 bridgehead atoms. The smallest absolute Gasteiger partial charge is 0.241 e. The van der Waals surface area contributed by atoms with Crippen LogP contribution in [0.4, 0.5) is 0 Å². The zero-order valence-corrected chi connectivity index (χ0v) is 16.4. The molecule has 0 aromatic heterocycles. The number of sulfonamides is 1. The van der Waals surface area contributed by atoms with Crippen LogP contribution in [-0.4, -0.2) is 34.2 Å². The van der Waals surface area contributed by atoms with Crippen LogP contribution in [0.5, 0.6) is 11.5 Å². The number of benzene rings is 1. The summed E-state index contributed by atoms with van der Waals surface area (Å²) < 4.78 is 38.7. The first-order chi connectivity index (χ1) is 10.8. The highest BCUT2D eigenvalue weighted by Gasteiger charge is 2.21. The molecule has 1 atom stereocenters. The molecular weight excluding hydrogens is 352 g/mol. The lowest BCUT2D eigenvalue weighted by molar-refractivity contribution is 0.287. The van der Waals surface area contributed by atoms with Gasteiger partial charge < -0.3 is 15.2 Å². The summed E-state index contributed by atoms with van der Waals surface area (Å²) in [5.74, 6) is 1.31. The minimum Gasteiger partial charge on any atom is -0.490 e. The highest BCUT2D eigenvalue weighted by molar-refractivity contribution is 7.89. The second-order valence-corrected chi connectivity index (χ2v) is 7.37. The van der Waals surface area contributed by atoms with Crippen molar-refractivity contribution in [1.82, 2.24) is 4.72 Å². The average molecular weight is 381 g/mol. The molecule has 0 saturated carbocycles. The first kappa shape index (κ1) is 23.0. The maximum atomic E-state index is 12.5. The van der Waals surface area contributed by atoms with E-state index in [1.54, 1.807) is 6.07 Å². The fourth-order valence-electron chi connectivity index (χ4n) is 2.25. The number of halogens is 1. The minimum absolute atomic E-state index is 0. The standard InChI is InChI=1S/C16H28N2O4S.ClH/c1-5-21-15-8-7-14(10-16(15)22-6-2)23(19,20)18-13(11-17)9-12(3)4;/h7-8,10,12-13,18H,5-6,9,11,17H2,1-4H3;1H. The third kappa shape index (κ3) is 6.84. The first-order valence-electron chi connectivity index (χ1n) is 7.96. The molecule has 1 aromatic carbocycles. The summed E-state index contributed by atoms with van der Waals surface area (Å²) in [4.78, 5) is 0.145. The van der Waals surface area contributed by atoms with Gasteiger partial charge in [-0.15, -0.1) is 12.4 Å². The van der Waals surface area contributed by atoms with Crippen LogP contribution in [0.3, 0.4) is 0 Å². The molecule has 0 amide bonds. The lowest BCUT2D eigenvalue weighted by Crippen LogP contribution is -2.40. The van der Waals surface area contributed by atoms with Crippen molar-refractivity contribution in [3.63, 3.8) is 0 Å². The highest BCUT2D eigenvalue weighted by atomic mass is 35.5. The third-order valence-corrected chi connectivity index (χ3v) is 4.71. The van der Waals surface area contributed by atoms with Crippen molar-refractivity contribution in [1.29, 1.82) is 0 Å². The van der Waals surface area contributed by atoms with Gasteiger partial charge in [-0.3, -0.25) is 0 Å². The molecule has 0 radical (unpaired) electrons. The van der Waals surface area contributed by atoms with E-state index in [4.69, 9.17) is 15.2 Å². The molecule has 1 aromatic rings. The normalized spacial score (nSPS) is 12.6. The molecule has 0 fully saturated rings. The Kier molecular flexibility index (Phi) is 10.3. The Morgan fingerprint density at radius 2 is 1.71 bits per heavy atom. The monoisotopic (exact) mass is 380 g/mol. The van der Waals surface area contributed by atoms with Crippen molar-refractivity contribution in [2.45, 2.75) is 45.1 Å². The molecule has 8 heteroatoms. The topological polar surface area (TPSA) is 90.7 Å². The maximum absolute atomic E-state index is 12.5. The average Bonchev–Trinajstić information content (AvgIpc) is 2.48. The Hall–Kier alpha value is -1.02. The first-order valence-corrected chi connectivity index (χ1v) is 9.44. The van der Waals surface area contributed by atoms with E-state index in [-0.39, 0.29) is 29.9 Å². The molecule has 0 aliphatic heterocycles. The highest BCUT2D eigenvalue weighted by Crippen LogP contribution is 2.30. The van der Waals surface area contributed by atoms with E-state index in [0.717, 1.165) is 0 Å². The lowest BCUT2D eigenvalue weighted by Gasteiger charge is -2.19. The minimum atomic E-state index is -3.66. The second kappa shape index (κ2) is 10.8. The summed E-state index contributed by atoms with van der Waals surface area (Å²) in [6, 6.07) is 4.32. The van der Waals surface area contributed by atoms with Gasteiger partial charge in [0, 0.05) is 18.7 Å². The Morgan fingerprint density at radius 3 is 2.21 bits per heavy atom. The van der Waals surface area contributed by atoms with Crippen LogP contribution in [0.1, 0.15) is 34.1 Å². The maximum Gasteiger partial charge on any atom is 0.241 e. The van der Waals surface area contributed by atoms with Crippen LogP contribution in [0.25, 0.3) is 0 Å². The van der Waals surface area contributed by atoms with Crippen molar-refractivity contribution in [3.8, 4) is 11.5 Å². The largest absolute Gasteiger partial charge is 0.490 e. The quantitative estimate of drug-likeness (QED) is 0.651. The van der Waals surface area contributed by atoms with E-state index in [0.29, 0.717) is 37.1 Å². The van der Waals surface area contributed by atoms with Crippen LogP contribution in [0.2, 0.25) is 0 Å². The molecular formula is C16H29ClN2O4S. The van der Waals surface area contributed by atoms with Crippen LogP contribution < -0.4 is 19.9 Å². The second-order valence-electron chi connectivity index (χ2n) is 5.66. The molecule has 0 heterocycles. The summed E-state index contributed by atoms with van der Waals surface area (Å²) in [6.45, 7) is 8.92. The fourth-order valence-corrected chi connectivity index (χ4v) is 3.52. The molecule has 0 saturated heterocycles. The van der Waals surface area contributed by atoms with Gasteiger partial charge in [-0.2, -0.15) is 0 Å². The zero-order chi connectivity index (χ0) is 17.5. The van der Waals surface area contributed by atoms with Crippen molar-refractivity contribution < 1.29 is 17.9 Å². The number of hydrogen-bond donors (Lipinski definition) is 2. The van der Waals surface area contributed by atoms with Crippen molar-refractivity contribution in [3.05, 3.63) is 18.2 Å². The zero-order valence-electron chi connectivity index (χ0n) is 14.7. The van der Waals surface area contributed by atoms with Crippen LogP contribution in [-0.2, 0) is 10.0 Å². The predicted molar refractivity (Wildman–Crippen MR) is 98.6 cm³/mol. The molecule has 0 aliphatic rings. The summed E-state index contributed by atoms with van der Waals surface area (Å²) in [5.41, 5.74) is 5.68. The molecule has 0 spiro atoms. The summed E-state index contributed by atoms with van der Waals surface area (Å²) in [7, 11) is -3.66.